The van der Waals surface area contributed by atoms with E-state index in [4.69, 9.17) is 4.74 Å². The van der Waals surface area contributed by atoms with E-state index in [0.717, 1.165) is 42.5 Å². The van der Waals surface area contributed by atoms with E-state index in [1.807, 2.05) is 26.2 Å². The number of ether oxygens (including phenoxy) is 1. The van der Waals surface area contributed by atoms with Crippen molar-refractivity contribution in [3.05, 3.63) is 23.5 Å². The van der Waals surface area contributed by atoms with Crippen molar-refractivity contribution in [1.29, 1.82) is 0 Å². The minimum atomic E-state index is 0.745. The molecule has 0 aliphatic carbocycles. The quantitative estimate of drug-likeness (QED) is 0.739. The monoisotopic (exact) mass is 236 g/mol. The second-order valence-electron chi connectivity index (χ2n) is 4.85. The highest BCUT2D eigenvalue weighted by atomic mass is 16.5. The van der Waals surface area contributed by atoms with Gasteiger partial charge in [0.2, 0.25) is 0 Å². The summed E-state index contributed by atoms with van der Waals surface area (Å²) in [5, 5.41) is 3.13. The first-order valence-corrected chi connectivity index (χ1v) is 6.36. The summed E-state index contributed by atoms with van der Waals surface area (Å²) in [4.78, 5) is 4.29. The number of pyridine rings is 1. The van der Waals surface area contributed by atoms with E-state index in [-0.39, 0.29) is 0 Å². The lowest BCUT2D eigenvalue weighted by molar-refractivity contribution is 0.294. The zero-order valence-corrected chi connectivity index (χ0v) is 11.4. The second kappa shape index (κ2) is 7.28. The SMILES string of the molecule is CNCc1cnc(C)cc1OCCCC(C)C. The maximum Gasteiger partial charge on any atom is 0.127 e. The molecule has 1 aromatic heterocycles. The predicted octanol–water partition coefficient (Wildman–Crippen LogP) is 2.92. The van der Waals surface area contributed by atoms with Gasteiger partial charge in [-0.25, -0.2) is 0 Å². The van der Waals surface area contributed by atoms with E-state index in [1.165, 1.54) is 6.42 Å². The van der Waals surface area contributed by atoms with Gasteiger partial charge in [0.05, 0.1) is 6.61 Å². The molecule has 0 atom stereocenters. The molecule has 0 radical (unpaired) electrons. The Morgan fingerprint density at radius 3 is 2.82 bits per heavy atom. The molecule has 3 nitrogen and oxygen atoms in total. The molecule has 0 unspecified atom stereocenters. The number of aromatic nitrogens is 1. The van der Waals surface area contributed by atoms with E-state index in [1.54, 1.807) is 0 Å². The third-order valence-electron chi connectivity index (χ3n) is 2.63. The number of hydrogen-bond donors (Lipinski definition) is 1. The second-order valence-corrected chi connectivity index (χ2v) is 4.85. The van der Waals surface area contributed by atoms with Crippen LogP contribution in [0, 0.1) is 12.8 Å². The van der Waals surface area contributed by atoms with Gasteiger partial charge in [-0.05, 0) is 32.7 Å². The summed E-state index contributed by atoms with van der Waals surface area (Å²) in [5.41, 5.74) is 2.13. The minimum absolute atomic E-state index is 0.745. The van der Waals surface area contributed by atoms with Crippen molar-refractivity contribution in [3.63, 3.8) is 0 Å². The van der Waals surface area contributed by atoms with Crippen molar-refractivity contribution in [2.45, 2.75) is 40.2 Å². The summed E-state index contributed by atoms with van der Waals surface area (Å²) in [6.45, 7) is 8.06. The van der Waals surface area contributed by atoms with Crippen molar-refractivity contribution < 1.29 is 4.74 Å². The van der Waals surface area contributed by atoms with E-state index < -0.39 is 0 Å². The molecule has 1 aromatic rings. The summed E-state index contributed by atoms with van der Waals surface area (Å²) < 4.78 is 5.84. The van der Waals surface area contributed by atoms with Crippen molar-refractivity contribution >= 4 is 0 Å². The van der Waals surface area contributed by atoms with Gasteiger partial charge in [-0.3, -0.25) is 4.98 Å². The maximum absolute atomic E-state index is 5.84. The summed E-state index contributed by atoms with van der Waals surface area (Å²) in [6, 6.07) is 2.02. The Kier molecular flexibility index (Phi) is 5.98. The highest BCUT2D eigenvalue weighted by molar-refractivity contribution is 5.32. The Morgan fingerprint density at radius 2 is 2.18 bits per heavy atom. The van der Waals surface area contributed by atoms with Crippen molar-refractivity contribution in [2.24, 2.45) is 5.92 Å². The van der Waals surface area contributed by atoms with Gasteiger partial charge in [-0.2, -0.15) is 0 Å². The molecule has 1 heterocycles. The third kappa shape index (κ3) is 5.18. The molecule has 0 aliphatic heterocycles. The molecular formula is C14H24N2O. The van der Waals surface area contributed by atoms with Crippen LogP contribution < -0.4 is 10.1 Å². The fourth-order valence-electron chi connectivity index (χ4n) is 1.69. The predicted molar refractivity (Wildman–Crippen MR) is 71.3 cm³/mol. The molecule has 17 heavy (non-hydrogen) atoms. The Hall–Kier alpha value is -1.09. The van der Waals surface area contributed by atoms with Crippen LogP contribution in [-0.2, 0) is 6.54 Å². The number of aryl methyl sites for hydroxylation is 1. The smallest absolute Gasteiger partial charge is 0.127 e. The number of hydrogen-bond acceptors (Lipinski definition) is 3. The molecule has 0 aromatic carbocycles. The normalized spacial score (nSPS) is 10.9. The van der Waals surface area contributed by atoms with E-state index in [0.29, 0.717) is 0 Å². The molecule has 0 bridgehead atoms. The zero-order chi connectivity index (χ0) is 12.7. The average molecular weight is 236 g/mol. The van der Waals surface area contributed by atoms with Crippen LogP contribution in [0.3, 0.4) is 0 Å². The molecule has 1 rings (SSSR count). The number of rotatable bonds is 7. The molecule has 3 heteroatoms. The molecule has 0 saturated carbocycles. The Balaban J connectivity index is 2.52. The van der Waals surface area contributed by atoms with E-state index in [2.05, 4.69) is 24.1 Å². The van der Waals surface area contributed by atoms with Crippen LogP contribution in [0.5, 0.6) is 5.75 Å². The maximum atomic E-state index is 5.84. The van der Waals surface area contributed by atoms with Crippen LogP contribution in [0.25, 0.3) is 0 Å². The van der Waals surface area contributed by atoms with E-state index >= 15 is 0 Å². The average Bonchev–Trinajstić information content (AvgIpc) is 2.28. The van der Waals surface area contributed by atoms with Crippen LogP contribution in [0.2, 0.25) is 0 Å². The molecule has 0 aliphatic rings. The number of nitrogens with one attached hydrogen (secondary N) is 1. The molecule has 0 spiro atoms. The largest absolute Gasteiger partial charge is 0.493 e. The lowest BCUT2D eigenvalue weighted by atomic mass is 10.1. The van der Waals surface area contributed by atoms with Gasteiger partial charge in [0.15, 0.2) is 0 Å². The molecular weight excluding hydrogens is 212 g/mol. The van der Waals surface area contributed by atoms with Crippen molar-refractivity contribution in [2.75, 3.05) is 13.7 Å². The first kappa shape index (κ1) is 14.0. The van der Waals surface area contributed by atoms with Gasteiger partial charge in [0.25, 0.3) is 0 Å². The van der Waals surface area contributed by atoms with Gasteiger partial charge < -0.3 is 10.1 Å². The third-order valence-corrected chi connectivity index (χ3v) is 2.63. The van der Waals surface area contributed by atoms with Gasteiger partial charge in [0.1, 0.15) is 5.75 Å². The topological polar surface area (TPSA) is 34.2 Å². The van der Waals surface area contributed by atoms with Gasteiger partial charge in [-0.1, -0.05) is 13.8 Å². The van der Waals surface area contributed by atoms with Crippen molar-refractivity contribution in [1.82, 2.24) is 10.3 Å². The molecule has 0 saturated heterocycles. The van der Waals surface area contributed by atoms with Crippen molar-refractivity contribution in [3.8, 4) is 5.75 Å². The Bertz CT molecular complexity index is 337. The molecule has 0 fully saturated rings. The minimum Gasteiger partial charge on any atom is -0.493 e. The summed E-state index contributed by atoms with van der Waals surface area (Å²) in [5.74, 6) is 1.71. The molecule has 0 amide bonds. The standard InChI is InChI=1S/C14H24N2O/c1-11(2)6-5-7-17-14-8-12(3)16-10-13(14)9-15-4/h8,10-11,15H,5-7,9H2,1-4H3. The summed E-state index contributed by atoms with van der Waals surface area (Å²) >= 11 is 0. The van der Waals surface area contributed by atoms with Crippen LogP contribution in [0.1, 0.15) is 37.9 Å². The van der Waals surface area contributed by atoms with Gasteiger partial charge >= 0.3 is 0 Å². The Morgan fingerprint density at radius 1 is 1.41 bits per heavy atom. The van der Waals surface area contributed by atoms with E-state index in [9.17, 15) is 0 Å². The van der Waals surface area contributed by atoms with Crippen LogP contribution in [-0.4, -0.2) is 18.6 Å². The molecule has 1 N–H and O–H groups in total. The van der Waals surface area contributed by atoms with Crippen LogP contribution in [0.4, 0.5) is 0 Å². The fourth-order valence-corrected chi connectivity index (χ4v) is 1.69. The highest BCUT2D eigenvalue weighted by Gasteiger charge is 2.04. The number of nitrogens with zero attached hydrogens (tertiary/aromatic N) is 1. The summed E-state index contributed by atoms with van der Waals surface area (Å²) in [6.07, 6.45) is 4.22. The lowest BCUT2D eigenvalue weighted by Crippen LogP contribution is -2.09. The van der Waals surface area contributed by atoms with Gasteiger partial charge in [0, 0.05) is 30.1 Å². The zero-order valence-electron chi connectivity index (χ0n) is 11.4. The Labute approximate surface area is 105 Å². The first-order chi connectivity index (χ1) is 8.13. The lowest BCUT2D eigenvalue weighted by Gasteiger charge is -2.12. The summed E-state index contributed by atoms with van der Waals surface area (Å²) in [7, 11) is 1.93. The van der Waals surface area contributed by atoms with Gasteiger partial charge in [-0.15, -0.1) is 0 Å². The molecule has 96 valence electrons. The highest BCUT2D eigenvalue weighted by Crippen LogP contribution is 2.19. The van der Waals surface area contributed by atoms with Crippen LogP contribution >= 0.6 is 0 Å². The van der Waals surface area contributed by atoms with Crippen LogP contribution in [0.15, 0.2) is 12.3 Å². The fraction of sp³-hybridized carbons (Fsp3) is 0.643. The first-order valence-electron chi connectivity index (χ1n) is 6.36.